The van der Waals surface area contributed by atoms with Gasteiger partial charge >= 0.3 is 6.09 Å². The van der Waals surface area contributed by atoms with Gasteiger partial charge in [-0.1, -0.05) is 18.6 Å². The number of likely N-dealkylation sites (tertiary alicyclic amines) is 1. The molecule has 132 valence electrons. The van der Waals surface area contributed by atoms with Crippen molar-refractivity contribution in [3.63, 3.8) is 0 Å². The summed E-state index contributed by atoms with van der Waals surface area (Å²) < 4.78 is 5.23. The van der Waals surface area contributed by atoms with Crippen LogP contribution in [0.1, 0.15) is 50.6 Å². The van der Waals surface area contributed by atoms with Crippen molar-refractivity contribution in [1.29, 1.82) is 0 Å². The minimum Gasteiger partial charge on any atom is -0.497 e. The molecule has 3 rings (SSSR count). The third kappa shape index (κ3) is 3.36. The van der Waals surface area contributed by atoms with Crippen molar-refractivity contribution in [3.8, 4) is 5.75 Å². The Kier molecular flexibility index (Phi) is 4.99. The number of amides is 1. The summed E-state index contributed by atoms with van der Waals surface area (Å²) in [6.07, 6.45) is 4.82. The number of methoxy groups -OCH3 is 1. The fraction of sp³-hybridized carbons (Fsp3) is 0.632. The number of rotatable bonds is 4. The maximum atomic E-state index is 11.2. The Morgan fingerprint density at radius 1 is 1.29 bits per heavy atom. The molecule has 5 heteroatoms. The Morgan fingerprint density at radius 3 is 2.54 bits per heavy atom. The van der Waals surface area contributed by atoms with Crippen molar-refractivity contribution in [2.45, 2.75) is 51.1 Å². The van der Waals surface area contributed by atoms with Crippen LogP contribution in [-0.2, 0) is 0 Å². The maximum Gasteiger partial charge on any atom is 0.407 e. The summed E-state index contributed by atoms with van der Waals surface area (Å²) in [6.45, 7) is 3.55. The molecule has 1 saturated heterocycles. The van der Waals surface area contributed by atoms with Crippen LogP contribution in [0.2, 0.25) is 0 Å². The molecule has 1 aromatic carbocycles. The first-order chi connectivity index (χ1) is 11.5. The molecule has 2 aliphatic rings. The molecular formula is C19H28N2O3. The van der Waals surface area contributed by atoms with Crippen molar-refractivity contribution in [2.24, 2.45) is 5.41 Å². The summed E-state index contributed by atoms with van der Waals surface area (Å²) in [4.78, 5) is 12.7. The van der Waals surface area contributed by atoms with Gasteiger partial charge in [0.1, 0.15) is 5.75 Å². The third-order valence-electron chi connectivity index (χ3n) is 6.00. The van der Waals surface area contributed by atoms with Crippen molar-refractivity contribution >= 4 is 6.09 Å². The summed E-state index contributed by atoms with van der Waals surface area (Å²) in [7, 11) is 1.68. The average molecular weight is 332 g/mol. The van der Waals surface area contributed by atoms with E-state index in [-0.39, 0.29) is 11.5 Å². The van der Waals surface area contributed by atoms with Crippen molar-refractivity contribution < 1.29 is 14.6 Å². The minimum absolute atomic E-state index is 0.271. The van der Waals surface area contributed by atoms with Gasteiger partial charge < -0.3 is 20.1 Å². The van der Waals surface area contributed by atoms with Crippen LogP contribution >= 0.6 is 0 Å². The first-order valence-electron chi connectivity index (χ1n) is 8.92. The molecule has 2 fully saturated rings. The Hall–Kier alpha value is -1.75. The summed E-state index contributed by atoms with van der Waals surface area (Å²) in [5.41, 5.74) is 1.54. The number of hydrogen-bond donors (Lipinski definition) is 2. The second-order valence-electron chi connectivity index (χ2n) is 7.24. The number of carboxylic acid groups (broad SMARTS) is 1. The number of benzene rings is 1. The zero-order valence-electron chi connectivity index (χ0n) is 14.6. The Bertz CT molecular complexity index is 564. The molecule has 0 aromatic heterocycles. The molecular weight excluding hydrogens is 304 g/mol. The van der Waals surface area contributed by atoms with Gasteiger partial charge in [-0.15, -0.1) is 0 Å². The Morgan fingerprint density at radius 2 is 1.96 bits per heavy atom. The van der Waals surface area contributed by atoms with Crippen LogP contribution < -0.4 is 10.1 Å². The van der Waals surface area contributed by atoms with Crippen LogP contribution in [0.4, 0.5) is 4.79 Å². The third-order valence-corrected chi connectivity index (χ3v) is 6.00. The fourth-order valence-corrected chi connectivity index (χ4v) is 4.43. The summed E-state index contributed by atoms with van der Waals surface area (Å²) >= 11 is 0. The van der Waals surface area contributed by atoms with E-state index in [4.69, 9.17) is 4.74 Å². The lowest BCUT2D eigenvalue weighted by molar-refractivity contribution is 0.0736. The second kappa shape index (κ2) is 7.01. The normalized spacial score (nSPS) is 24.1. The molecule has 0 radical (unpaired) electrons. The lowest BCUT2D eigenvalue weighted by Gasteiger charge is -2.43. The van der Waals surface area contributed by atoms with E-state index in [0.717, 1.165) is 18.6 Å². The quantitative estimate of drug-likeness (QED) is 0.883. The lowest BCUT2D eigenvalue weighted by atomic mass is 9.74. The molecule has 2 atom stereocenters. The highest BCUT2D eigenvalue weighted by Crippen LogP contribution is 2.47. The summed E-state index contributed by atoms with van der Waals surface area (Å²) in [6, 6.07) is 9.00. The number of nitrogens with one attached hydrogen (secondary N) is 1. The van der Waals surface area contributed by atoms with Gasteiger partial charge in [-0.2, -0.15) is 0 Å². The number of piperidine rings is 1. The maximum absolute atomic E-state index is 11.2. The highest BCUT2D eigenvalue weighted by molar-refractivity contribution is 5.65. The van der Waals surface area contributed by atoms with Gasteiger partial charge in [0, 0.05) is 25.2 Å². The van der Waals surface area contributed by atoms with Gasteiger partial charge in [-0.25, -0.2) is 4.79 Å². The van der Waals surface area contributed by atoms with E-state index in [1.807, 2.05) is 12.1 Å². The molecule has 5 nitrogen and oxygen atoms in total. The molecule has 1 saturated carbocycles. The van der Waals surface area contributed by atoms with E-state index in [9.17, 15) is 9.90 Å². The highest BCUT2D eigenvalue weighted by Gasteiger charge is 2.45. The van der Waals surface area contributed by atoms with E-state index < -0.39 is 6.09 Å². The molecule has 1 aliphatic carbocycles. The molecule has 1 amide bonds. The molecule has 1 spiro atoms. The highest BCUT2D eigenvalue weighted by atomic mass is 16.5. The topological polar surface area (TPSA) is 61.8 Å². The molecule has 1 aromatic rings. The number of carbonyl (C=O) groups is 1. The zero-order chi connectivity index (χ0) is 17.2. The van der Waals surface area contributed by atoms with Gasteiger partial charge in [-0.05, 0) is 55.7 Å². The largest absolute Gasteiger partial charge is 0.497 e. The smallest absolute Gasteiger partial charge is 0.407 e. The van der Waals surface area contributed by atoms with E-state index >= 15 is 0 Å². The van der Waals surface area contributed by atoms with Crippen molar-refractivity contribution in [1.82, 2.24) is 10.2 Å². The predicted octanol–water partition coefficient (Wildman–Crippen LogP) is 3.66. The van der Waals surface area contributed by atoms with Crippen molar-refractivity contribution in [2.75, 3.05) is 20.2 Å². The second-order valence-corrected chi connectivity index (χ2v) is 7.24. The zero-order valence-corrected chi connectivity index (χ0v) is 14.6. The molecule has 0 bridgehead atoms. The van der Waals surface area contributed by atoms with Crippen LogP contribution in [0.5, 0.6) is 5.75 Å². The van der Waals surface area contributed by atoms with Crippen LogP contribution in [-0.4, -0.2) is 42.3 Å². The Balaban J connectivity index is 1.64. The standard InChI is InChI=1S/C19H28N2O3/c1-14(15-5-7-16(24-2)8-6-15)20-17-4-3-9-19(17)10-12-21(13-11-19)18(22)23/h5-8,14,17,20H,3-4,9-13H2,1-2H3,(H,22,23)/t14-,17?/m1/s1. The first kappa shape index (κ1) is 17.1. The average Bonchev–Trinajstić information content (AvgIpc) is 2.97. The van der Waals surface area contributed by atoms with Gasteiger partial charge in [0.15, 0.2) is 0 Å². The molecule has 1 unspecified atom stereocenters. The van der Waals surface area contributed by atoms with Crippen LogP contribution in [0.15, 0.2) is 24.3 Å². The molecule has 2 N–H and O–H groups in total. The number of nitrogens with zero attached hydrogens (tertiary/aromatic N) is 1. The van der Waals surface area contributed by atoms with Crippen molar-refractivity contribution in [3.05, 3.63) is 29.8 Å². The van der Waals surface area contributed by atoms with E-state index in [0.29, 0.717) is 19.1 Å². The van der Waals surface area contributed by atoms with E-state index in [1.165, 1.54) is 24.8 Å². The summed E-state index contributed by atoms with van der Waals surface area (Å²) in [5.74, 6) is 0.879. The van der Waals surface area contributed by atoms with Gasteiger partial charge in [0.2, 0.25) is 0 Å². The van der Waals surface area contributed by atoms with Gasteiger partial charge in [0.05, 0.1) is 7.11 Å². The minimum atomic E-state index is -0.779. The van der Waals surface area contributed by atoms with Gasteiger partial charge in [0.25, 0.3) is 0 Å². The lowest BCUT2D eigenvalue weighted by Crippen LogP contribution is -2.50. The molecule has 1 heterocycles. The molecule has 24 heavy (non-hydrogen) atoms. The fourth-order valence-electron chi connectivity index (χ4n) is 4.43. The number of hydrogen-bond acceptors (Lipinski definition) is 3. The monoisotopic (exact) mass is 332 g/mol. The van der Waals surface area contributed by atoms with E-state index in [2.05, 4.69) is 24.4 Å². The predicted molar refractivity (Wildman–Crippen MR) is 93.4 cm³/mol. The SMILES string of the molecule is COc1ccc([C@@H](C)NC2CCCC23CCN(C(=O)O)CC3)cc1. The van der Waals surface area contributed by atoms with Crippen LogP contribution in [0.25, 0.3) is 0 Å². The van der Waals surface area contributed by atoms with E-state index in [1.54, 1.807) is 12.0 Å². The van der Waals surface area contributed by atoms with Gasteiger partial charge in [-0.3, -0.25) is 0 Å². The van der Waals surface area contributed by atoms with Crippen LogP contribution in [0.3, 0.4) is 0 Å². The first-order valence-corrected chi connectivity index (χ1v) is 8.92. The summed E-state index contributed by atoms with van der Waals surface area (Å²) in [5, 5.41) is 13.0. The van der Waals surface area contributed by atoms with Crippen LogP contribution in [0, 0.1) is 5.41 Å². The Labute approximate surface area is 144 Å². The molecule has 1 aliphatic heterocycles. The number of ether oxygens (including phenoxy) is 1.